The molecule has 2 aliphatic rings. The average Bonchev–Trinajstić information content (AvgIpc) is 2.56. The Morgan fingerprint density at radius 3 is 2.73 bits per heavy atom. The average molecular weight is 302 g/mol. The van der Waals surface area contributed by atoms with Crippen molar-refractivity contribution in [3.63, 3.8) is 0 Å². The molecule has 0 radical (unpaired) electrons. The van der Waals surface area contributed by atoms with Crippen molar-refractivity contribution in [3.05, 3.63) is 42.2 Å². The van der Waals surface area contributed by atoms with E-state index in [4.69, 9.17) is 9.47 Å². The number of carbonyl (C=O) groups excluding carboxylic acids is 2. The highest BCUT2D eigenvalue weighted by Crippen LogP contribution is 2.37. The van der Waals surface area contributed by atoms with Gasteiger partial charge >= 0.3 is 6.16 Å². The lowest BCUT2D eigenvalue weighted by atomic mass is 9.78. The molecule has 1 aliphatic heterocycles. The van der Waals surface area contributed by atoms with Crippen LogP contribution in [-0.2, 0) is 19.0 Å². The van der Waals surface area contributed by atoms with Crippen LogP contribution in [0, 0.1) is 5.92 Å². The van der Waals surface area contributed by atoms with Crippen molar-refractivity contribution in [2.45, 2.75) is 31.5 Å². The lowest BCUT2D eigenvalue weighted by Crippen LogP contribution is -2.41. The van der Waals surface area contributed by atoms with E-state index in [2.05, 4.69) is 4.74 Å². The van der Waals surface area contributed by atoms with Gasteiger partial charge in [-0.1, -0.05) is 30.3 Å². The molecule has 0 spiro atoms. The molecule has 1 aliphatic carbocycles. The van der Waals surface area contributed by atoms with Crippen LogP contribution in [0.1, 0.15) is 24.8 Å². The lowest BCUT2D eigenvalue weighted by Gasteiger charge is -2.37. The fourth-order valence-corrected chi connectivity index (χ4v) is 3.08. The molecule has 1 aromatic carbocycles. The first-order chi connectivity index (χ1) is 10.7. The van der Waals surface area contributed by atoms with Crippen LogP contribution >= 0.6 is 0 Å². The predicted octanol–water partition coefficient (Wildman–Crippen LogP) is 2.95. The molecule has 3 unspecified atom stereocenters. The molecular weight excluding hydrogens is 284 g/mol. The Labute approximate surface area is 128 Å². The Morgan fingerprint density at radius 1 is 1.23 bits per heavy atom. The van der Waals surface area contributed by atoms with Crippen LogP contribution < -0.4 is 0 Å². The third kappa shape index (κ3) is 2.84. The molecule has 3 rings (SSSR count). The number of methoxy groups -OCH3 is 1. The Hall–Kier alpha value is -2.30. The lowest BCUT2D eigenvalue weighted by molar-refractivity contribution is -0.126. The topological polar surface area (TPSA) is 61.8 Å². The van der Waals surface area contributed by atoms with Gasteiger partial charge in [0, 0.05) is 6.42 Å². The summed E-state index contributed by atoms with van der Waals surface area (Å²) in [6, 6.07) is 9.52. The highest BCUT2D eigenvalue weighted by atomic mass is 16.7. The van der Waals surface area contributed by atoms with Crippen molar-refractivity contribution in [1.82, 2.24) is 0 Å². The maximum atomic E-state index is 12.7. The van der Waals surface area contributed by atoms with Gasteiger partial charge in [-0.05, 0) is 18.4 Å². The van der Waals surface area contributed by atoms with Gasteiger partial charge in [0.15, 0.2) is 5.78 Å². The second kappa shape index (κ2) is 6.22. The van der Waals surface area contributed by atoms with Gasteiger partial charge in [-0.25, -0.2) is 4.79 Å². The SMILES string of the molecule is COC(=O)OC1CCC2C(=O)C(c3ccccc3)=COC2C1. The molecule has 1 aromatic rings. The molecular formula is C17H18O5. The molecule has 0 N–H and O–H groups in total. The largest absolute Gasteiger partial charge is 0.508 e. The first-order valence-electron chi connectivity index (χ1n) is 7.39. The summed E-state index contributed by atoms with van der Waals surface area (Å²) < 4.78 is 15.4. The summed E-state index contributed by atoms with van der Waals surface area (Å²) in [5.74, 6) is -0.0586. The number of hydrogen-bond donors (Lipinski definition) is 0. The van der Waals surface area contributed by atoms with Gasteiger partial charge in [-0.15, -0.1) is 0 Å². The number of fused-ring (bicyclic) bond motifs is 1. The molecule has 3 atom stereocenters. The van der Waals surface area contributed by atoms with E-state index < -0.39 is 6.16 Å². The number of ketones is 1. The number of allylic oxidation sites excluding steroid dienone is 1. The van der Waals surface area contributed by atoms with Crippen LogP contribution in [0.15, 0.2) is 36.6 Å². The van der Waals surface area contributed by atoms with Gasteiger partial charge < -0.3 is 14.2 Å². The number of carbonyl (C=O) groups is 2. The Morgan fingerprint density at radius 2 is 2.00 bits per heavy atom. The zero-order valence-electron chi connectivity index (χ0n) is 12.4. The summed E-state index contributed by atoms with van der Waals surface area (Å²) >= 11 is 0. The van der Waals surface area contributed by atoms with Crippen LogP contribution in [0.3, 0.4) is 0 Å². The summed E-state index contributed by atoms with van der Waals surface area (Å²) in [5, 5.41) is 0. The molecule has 22 heavy (non-hydrogen) atoms. The van der Waals surface area contributed by atoms with Crippen molar-refractivity contribution < 1.29 is 23.8 Å². The quantitative estimate of drug-likeness (QED) is 0.786. The summed E-state index contributed by atoms with van der Waals surface area (Å²) in [6.45, 7) is 0. The standard InChI is InChI=1S/C17H18O5/c1-20-17(19)22-12-7-8-13-15(9-12)21-10-14(16(13)18)11-5-3-2-4-6-11/h2-6,10,12-13,15H,7-9H2,1H3. The van der Waals surface area contributed by atoms with E-state index in [9.17, 15) is 9.59 Å². The van der Waals surface area contributed by atoms with Crippen molar-refractivity contribution in [3.8, 4) is 0 Å². The normalized spacial score (nSPS) is 27.2. The van der Waals surface area contributed by atoms with Crippen LogP contribution in [0.25, 0.3) is 5.57 Å². The summed E-state index contributed by atoms with van der Waals surface area (Å²) in [7, 11) is 1.28. The van der Waals surface area contributed by atoms with Crippen LogP contribution in [0.2, 0.25) is 0 Å². The second-order valence-electron chi connectivity index (χ2n) is 5.55. The third-order valence-electron chi connectivity index (χ3n) is 4.22. The zero-order valence-corrected chi connectivity index (χ0v) is 12.4. The van der Waals surface area contributed by atoms with Crippen LogP contribution in [0.4, 0.5) is 4.79 Å². The molecule has 1 fully saturated rings. The summed E-state index contributed by atoms with van der Waals surface area (Å²) in [6.07, 6.45) is 2.18. The van der Waals surface area contributed by atoms with Crippen molar-refractivity contribution in [2.24, 2.45) is 5.92 Å². The third-order valence-corrected chi connectivity index (χ3v) is 4.22. The maximum absolute atomic E-state index is 12.7. The molecule has 5 nitrogen and oxygen atoms in total. The molecule has 0 aromatic heterocycles. The smallest absolute Gasteiger partial charge is 0.496 e. The van der Waals surface area contributed by atoms with E-state index in [1.807, 2.05) is 30.3 Å². The minimum Gasteiger partial charge on any atom is -0.496 e. The molecule has 1 heterocycles. The monoisotopic (exact) mass is 302 g/mol. The summed E-state index contributed by atoms with van der Waals surface area (Å²) in [4.78, 5) is 23.8. The number of rotatable bonds is 2. The van der Waals surface area contributed by atoms with Crippen LogP contribution in [-0.4, -0.2) is 31.3 Å². The predicted molar refractivity (Wildman–Crippen MR) is 78.9 cm³/mol. The Kier molecular flexibility index (Phi) is 4.13. The van der Waals surface area contributed by atoms with Crippen LogP contribution in [0.5, 0.6) is 0 Å². The fourth-order valence-electron chi connectivity index (χ4n) is 3.08. The molecule has 116 valence electrons. The minimum absolute atomic E-state index is 0.110. The highest BCUT2D eigenvalue weighted by molar-refractivity contribution is 6.22. The van der Waals surface area contributed by atoms with Crippen molar-refractivity contribution in [1.29, 1.82) is 0 Å². The number of benzene rings is 1. The molecule has 1 saturated carbocycles. The van der Waals surface area contributed by atoms with Crippen molar-refractivity contribution in [2.75, 3.05) is 7.11 Å². The van der Waals surface area contributed by atoms with E-state index in [0.717, 1.165) is 5.56 Å². The minimum atomic E-state index is -0.689. The first kappa shape index (κ1) is 14.6. The van der Waals surface area contributed by atoms with E-state index in [-0.39, 0.29) is 23.9 Å². The number of ether oxygens (including phenoxy) is 3. The maximum Gasteiger partial charge on any atom is 0.508 e. The molecule has 0 saturated heterocycles. The number of Topliss-reactive ketones (excluding diaryl/α,β-unsaturated/α-hetero) is 1. The van der Waals surface area contributed by atoms with E-state index in [0.29, 0.717) is 24.8 Å². The van der Waals surface area contributed by atoms with Gasteiger partial charge in [0.1, 0.15) is 12.2 Å². The van der Waals surface area contributed by atoms with E-state index in [1.165, 1.54) is 7.11 Å². The van der Waals surface area contributed by atoms with Gasteiger partial charge in [0.25, 0.3) is 0 Å². The van der Waals surface area contributed by atoms with E-state index >= 15 is 0 Å². The fraction of sp³-hybridized carbons (Fsp3) is 0.412. The van der Waals surface area contributed by atoms with Gasteiger partial charge in [-0.3, -0.25) is 4.79 Å². The van der Waals surface area contributed by atoms with Gasteiger partial charge in [0.05, 0.1) is 24.9 Å². The molecule has 0 amide bonds. The van der Waals surface area contributed by atoms with Gasteiger partial charge in [-0.2, -0.15) is 0 Å². The van der Waals surface area contributed by atoms with E-state index in [1.54, 1.807) is 6.26 Å². The summed E-state index contributed by atoms with van der Waals surface area (Å²) in [5.41, 5.74) is 1.49. The zero-order chi connectivity index (χ0) is 15.5. The first-order valence-corrected chi connectivity index (χ1v) is 7.39. The molecule has 0 bridgehead atoms. The van der Waals surface area contributed by atoms with Crippen molar-refractivity contribution >= 4 is 17.5 Å². The second-order valence-corrected chi connectivity index (χ2v) is 5.55. The molecule has 5 heteroatoms. The Balaban J connectivity index is 1.72. The number of hydrogen-bond acceptors (Lipinski definition) is 5. The van der Waals surface area contributed by atoms with Gasteiger partial charge in [0.2, 0.25) is 0 Å². The highest BCUT2D eigenvalue weighted by Gasteiger charge is 2.41. The Bertz CT molecular complexity index is 592.